The molecule has 0 bridgehead atoms. The molecule has 3 rings (SSSR count). The third-order valence-corrected chi connectivity index (χ3v) is 5.22. The normalized spacial score (nSPS) is 12.6. The summed E-state index contributed by atoms with van der Waals surface area (Å²) in [5.74, 6) is -2.25. The molecule has 0 atom stereocenters. The van der Waals surface area contributed by atoms with Crippen LogP contribution < -0.4 is 0 Å². The molecule has 2 aromatic heterocycles. The first-order chi connectivity index (χ1) is 10.5. The molecule has 0 amide bonds. The molecule has 2 aromatic rings. The van der Waals surface area contributed by atoms with E-state index < -0.39 is 23.5 Å². The van der Waals surface area contributed by atoms with Crippen molar-refractivity contribution >= 4 is 46.2 Å². The average molecular weight is 336 g/mol. The molecule has 0 N–H and O–H groups in total. The number of ether oxygens (including phenoxy) is 2. The Morgan fingerprint density at radius 2 is 1.18 bits per heavy atom. The Bertz CT molecular complexity index is 771. The maximum absolute atomic E-state index is 12.6. The quantitative estimate of drug-likeness (QED) is 0.667. The van der Waals surface area contributed by atoms with Crippen molar-refractivity contribution < 1.29 is 28.7 Å². The third kappa shape index (κ3) is 1.84. The highest BCUT2D eigenvalue weighted by Crippen LogP contribution is 2.38. The fourth-order valence-electron chi connectivity index (χ4n) is 2.25. The Morgan fingerprint density at radius 1 is 0.818 bits per heavy atom. The standard InChI is InChI=1S/C14H8O6S2/c1-19-13(17)5-3-21-11-7(5)9(15)12-8(10(11)16)6(4-22-12)14(18)20-2/h3-4H,1-2H3. The number of carbonyl (C=O) groups is 4. The van der Waals surface area contributed by atoms with Crippen molar-refractivity contribution in [3.63, 3.8) is 0 Å². The van der Waals surface area contributed by atoms with Crippen molar-refractivity contribution in [2.75, 3.05) is 14.2 Å². The minimum absolute atomic E-state index is 0.0487. The zero-order valence-electron chi connectivity index (χ0n) is 11.4. The summed E-state index contributed by atoms with van der Waals surface area (Å²) in [4.78, 5) is 48.9. The first-order valence-electron chi connectivity index (χ1n) is 6.00. The lowest BCUT2D eigenvalue weighted by Crippen LogP contribution is -2.21. The molecule has 0 unspecified atom stereocenters. The van der Waals surface area contributed by atoms with E-state index >= 15 is 0 Å². The predicted octanol–water partition coefficient (Wildman–Crippen LogP) is 2.16. The monoisotopic (exact) mass is 336 g/mol. The van der Waals surface area contributed by atoms with Gasteiger partial charge in [-0.25, -0.2) is 9.59 Å². The highest BCUT2D eigenvalue weighted by molar-refractivity contribution is 7.16. The van der Waals surface area contributed by atoms with Gasteiger partial charge in [0.1, 0.15) is 0 Å². The van der Waals surface area contributed by atoms with E-state index in [1.807, 2.05) is 0 Å². The van der Waals surface area contributed by atoms with Crippen molar-refractivity contribution in [1.29, 1.82) is 0 Å². The number of hydrogen-bond acceptors (Lipinski definition) is 8. The van der Waals surface area contributed by atoms with Gasteiger partial charge in [-0.1, -0.05) is 0 Å². The first-order valence-corrected chi connectivity index (χ1v) is 7.76. The Morgan fingerprint density at radius 3 is 1.50 bits per heavy atom. The van der Waals surface area contributed by atoms with Crippen molar-refractivity contribution in [2.45, 2.75) is 0 Å². The fourth-order valence-corrected chi connectivity index (χ4v) is 4.21. The van der Waals surface area contributed by atoms with Crippen LogP contribution in [0.4, 0.5) is 0 Å². The van der Waals surface area contributed by atoms with Gasteiger partial charge in [0.2, 0.25) is 11.6 Å². The summed E-state index contributed by atoms with van der Waals surface area (Å²) in [7, 11) is 2.40. The molecule has 8 heteroatoms. The lowest BCUT2D eigenvalue weighted by Gasteiger charge is -2.12. The zero-order valence-corrected chi connectivity index (χ0v) is 13.1. The maximum atomic E-state index is 12.6. The smallest absolute Gasteiger partial charge is 0.339 e. The van der Waals surface area contributed by atoms with Crippen LogP contribution in [0.25, 0.3) is 0 Å². The number of rotatable bonds is 2. The number of esters is 2. The Kier molecular flexibility index (Phi) is 3.42. The van der Waals surface area contributed by atoms with Crippen LogP contribution in [-0.4, -0.2) is 37.7 Å². The van der Waals surface area contributed by atoms with E-state index in [1.54, 1.807) is 0 Å². The number of hydrogen-bond donors (Lipinski definition) is 0. The van der Waals surface area contributed by atoms with Crippen molar-refractivity contribution in [1.82, 2.24) is 0 Å². The van der Waals surface area contributed by atoms with Crippen LogP contribution >= 0.6 is 22.7 Å². The zero-order chi connectivity index (χ0) is 16.0. The molecule has 0 saturated carbocycles. The molecule has 0 aromatic carbocycles. The minimum Gasteiger partial charge on any atom is -0.465 e. The fraction of sp³-hybridized carbons (Fsp3) is 0.143. The van der Waals surface area contributed by atoms with Gasteiger partial charge in [-0.05, 0) is 0 Å². The van der Waals surface area contributed by atoms with Crippen LogP contribution in [0.2, 0.25) is 0 Å². The molecule has 0 fully saturated rings. The molecule has 0 spiro atoms. The Labute approximate surface area is 132 Å². The number of methoxy groups -OCH3 is 2. The minimum atomic E-state index is -0.674. The SMILES string of the molecule is COC(=O)c1csc2c1C(=O)c1scc(C(=O)OC)c1C2=O. The maximum Gasteiger partial charge on any atom is 0.339 e. The van der Waals surface area contributed by atoms with E-state index in [1.165, 1.54) is 25.0 Å². The van der Waals surface area contributed by atoms with Crippen LogP contribution in [-0.2, 0) is 9.47 Å². The van der Waals surface area contributed by atoms with Crippen molar-refractivity contribution in [2.24, 2.45) is 0 Å². The molecular formula is C14H8O6S2. The lowest BCUT2D eigenvalue weighted by molar-refractivity contribution is 0.0589. The number of thiophene rings is 2. The van der Waals surface area contributed by atoms with Gasteiger partial charge >= 0.3 is 11.9 Å². The summed E-state index contributed by atoms with van der Waals surface area (Å²) >= 11 is 1.97. The van der Waals surface area contributed by atoms with Gasteiger partial charge in [-0.15, -0.1) is 22.7 Å². The van der Waals surface area contributed by atoms with E-state index in [4.69, 9.17) is 0 Å². The second-order valence-corrected chi connectivity index (χ2v) is 6.11. The molecule has 22 heavy (non-hydrogen) atoms. The van der Waals surface area contributed by atoms with Crippen molar-refractivity contribution in [3.8, 4) is 0 Å². The van der Waals surface area contributed by atoms with Gasteiger partial charge in [0, 0.05) is 10.8 Å². The summed E-state index contributed by atoms with van der Waals surface area (Å²) in [5, 5.41) is 2.83. The summed E-state index contributed by atoms with van der Waals surface area (Å²) in [5.41, 5.74) is 0.235. The largest absolute Gasteiger partial charge is 0.465 e. The lowest BCUT2D eigenvalue weighted by atomic mass is 9.91. The van der Waals surface area contributed by atoms with Crippen molar-refractivity contribution in [3.05, 3.63) is 42.8 Å². The van der Waals surface area contributed by atoms with Gasteiger partial charge in [-0.3, -0.25) is 9.59 Å². The van der Waals surface area contributed by atoms with E-state index in [2.05, 4.69) is 9.47 Å². The van der Waals surface area contributed by atoms with Gasteiger partial charge in [-0.2, -0.15) is 0 Å². The Hall–Kier alpha value is -2.32. The average Bonchev–Trinajstić information content (AvgIpc) is 3.15. The summed E-state index contributed by atoms with van der Waals surface area (Å²) in [6.07, 6.45) is 0. The summed E-state index contributed by atoms with van der Waals surface area (Å²) < 4.78 is 9.25. The molecule has 2 heterocycles. The van der Waals surface area contributed by atoms with Gasteiger partial charge in [0.25, 0.3) is 0 Å². The topological polar surface area (TPSA) is 86.7 Å². The van der Waals surface area contributed by atoms with Gasteiger partial charge in [0.15, 0.2) is 0 Å². The molecule has 0 saturated heterocycles. The number of carbonyl (C=O) groups excluding carboxylic acids is 4. The molecule has 0 radical (unpaired) electrons. The first kappa shape index (κ1) is 14.6. The molecule has 1 aliphatic rings. The van der Waals surface area contributed by atoms with Gasteiger partial charge < -0.3 is 9.47 Å². The second-order valence-electron chi connectivity index (χ2n) is 4.35. The highest BCUT2D eigenvalue weighted by atomic mass is 32.1. The van der Waals surface area contributed by atoms with E-state index in [9.17, 15) is 19.2 Å². The van der Waals surface area contributed by atoms with Crippen LogP contribution in [0.3, 0.4) is 0 Å². The molecule has 6 nitrogen and oxygen atoms in total. The van der Waals surface area contributed by atoms with Crippen LogP contribution in [0.1, 0.15) is 51.2 Å². The highest BCUT2D eigenvalue weighted by Gasteiger charge is 2.39. The van der Waals surface area contributed by atoms with E-state index in [-0.39, 0.29) is 32.0 Å². The molecule has 0 aliphatic heterocycles. The van der Waals surface area contributed by atoms with Crippen LogP contribution in [0, 0.1) is 0 Å². The molecule has 1 aliphatic carbocycles. The summed E-state index contributed by atoms with van der Waals surface area (Å²) in [6, 6.07) is 0. The van der Waals surface area contributed by atoms with Crippen LogP contribution in [0.5, 0.6) is 0 Å². The molecule has 112 valence electrons. The molecular weight excluding hydrogens is 328 g/mol. The number of fused-ring (bicyclic) bond motifs is 2. The van der Waals surface area contributed by atoms with E-state index in [0.29, 0.717) is 0 Å². The summed E-state index contributed by atoms with van der Waals surface area (Å²) in [6.45, 7) is 0. The van der Waals surface area contributed by atoms with Crippen LogP contribution in [0.15, 0.2) is 10.8 Å². The van der Waals surface area contributed by atoms with E-state index in [0.717, 1.165) is 22.7 Å². The third-order valence-electron chi connectivity index (χ3n) is 3.26. The predicted molar refractivity (Wildman–Crippen MR) is 78.2 cm³/mol. The second kappa shape index (κ2) is 5.15. The number of ketones is 2. The Balaban J connectivity index is 2.21. The van der Waals surface area contributed by atoms with Gasteiger partial charge in [0.05, 0.1) is 46.2 Å².